The Morgan fingerprint density at radius 2 is 2.07 bits per heavy atom. The van der Waals surface area contributed by atoms with Crippen LogP contribution in [0, 0.1) is 12.8 Å². The van der Waals surface area contributed by atoms with E-state index in [0.29, 0.717) is 11.3 Å². The van der Waals surface area contributed by atoms with Crippen LogP contribution in [-0.2, 0) is 11.2 Å². The minimum atomic E-state index is -1.15. The molecule has 82 valence electrons. The lowest BCUT2D eigenvalue weighted by atomic mass is 10.0. The predicted octanol–water partition coefficient (Wildman–Crippen LogP) is 1.55. The lowest BCUT2D eigenvalue weighted by Crippen LogP contribution is -2.12. The third kappa shape index (κ3) is 2.59. The Labute approximate surface area is 86.3 Å². The van der Waals surface area contributed by atoms with E-state index in [4.69, 9.17) is 14.6 Å². The zero-order valence-electron chi connectivity index (χ0n) is 8.48. The number of hydrogen-bond donors (Lipinski definition) is 2. The first-order chi connectivity index (χ1) is 6.91. The van der Waals surface area contributed by atoms with Crippen molar-refractivity contribution in [3.8, 4) is 0 Å². The van der Waals surface area contributed by atoms with Gasteiger partial charge in [-0.3, -0.25) is 4.79 Å². The fourth-order valence-corrected chi connectivity index (χ4v) is 1.19. The van der Waals surface area contributed by atoms with Crippen molar-refractivity contribution in [3.63, 3.8) is 0 Å². The number of aryl methyl sites for hydroxylation is 1. The van der Waals surface area contributed by atoms with Gasteiger partial charge in [0.2, 0.25) is 5.76 Å². The number of carbonyl (C=O) groups is 2. The van der Waals surface area contributed by atoms with Crippen LogP contribution in [0.5, 0.6) is 0 Å². The molecule has 1 unspecified atom stereocenters. The summed E-state index contributed by atoms with van der Waals surface area (Å²) >= 11 is 0. The molecule has 1 aromatic rings. The molecule has 0 aliphatic rings. The Bertz CT molecular complexity index is 391. The first-order valence-electron chi connectivity index (χ1n) is 4.47. The first-order valence-corrected chi connectivity index (χ1v) is 4.47. The van der Waals surface area contributed by atoms with E-state index >= 15 is 0 Å². The van der Waals surface area contributed by atoms with Crippen LogP contribution in [-0.4, -0.2) is 22.2 Å². The third-order valence-corrected chi connectivity index (χ3v) is 2.14. The van der Waals surface area contributed by atoms with Crippen molar-refractivity contribution in [3.05, 3.63) is 23.2 Å². The maximum Gasteiger partial charge on any atom is 0.371 e. The zero-order chi connectivity index (χ0) is 11.6. The van der Waals surface area contributed by atoms with E-state index in [-0.39, 0.29) is 12.2 Å². The smallest absolute Gasteiger partial charge is 0.371 e. The molecule has 1 atom stereocenters. The van der Waals surface area contributed by atoms with Gasteiger partial charge < -0.3 is 14.6 Å². The molecule has 0 aliphatic heterocycles. The van der Waals surface area contributed by atoms with Gasteiger partial charge in [0.05, 0.1) is 5.92 Å². The molecule has 0 amide bonds. The SMILES string of the molecule is Cc1cc(C(=O)O)oc1CC(C)C(=O)O. The molecule has 0 saturated carbocycles. The molecule has 5 nitrogen and oxygen atoms in total. The van der Waals surface area contributed by atoms with Gasteiger partial charge in [-0.05, 0) is 18.6 Å². The van der Waals surface area contributed by atoms with E-state index in [2.05, 4.69) is 0 Å². The zero-order valence-corrected chi connectivity index (χ0v) is 8.48. The molecule has 0 aliphatic carbocycles. The maximum atomic E-state index is 10.6. The van der Waals surface area contributed by atoms with E-state index < -0.39 is 17.9 Å². The second kappa shape index (κ2) is 4.16. The van der Waals surface area contributed by atoms with Crippen molar-refractivity contribution in [2.24, 2.45) is 5.92 Å². The van der Waals surface area contributed by atoms with Gasteiger partial charge in [-0.2, -0.15) is 0 Å². The summed E-state index contributed by atoms with van der Waals surface area (Å²) in [6, 6.07) is 1.40. The summed E-state index contributed by atoms with van der Waals surface area (Å²) in [5, 5.41) is 17.3. The Morgan fingerprint density at radius 3 is 2.47 bits per heavy atom. The van der Waals surface area contributed by atoms with Gasteiger partial charge in [-0.1, -0.05) is 6.92 Å². The maximum absolute atomic E-state index is 10.6. The predicted molar refractivity (Wildman–Crippen MR) is 50.9 cm³/mol. The number of carboxylic acid groups (broad SMARTS) is 2. The molecule has 2 N–H and O–H groups in total. The molecule has 1 rings (SSSR count). The molecule has 0 spiro atoms. The van der Waals surface area contributed by atoms with Crippen LogP contribution in [0.15, 0.2) is 10.5 Å². The van der Waals surface area contributed by atoms with Gasteiger partial charge in [0.15, 0.2) is 0 Å². The molecule has 15 heavy (non-hydrogen) atoms. The number of carboxylic acids is 2. The summed E-state index contributed by atoms with van der Waals surface area (Å²) in [7, 11) is 0. The summed E-state index contributed by atoms with van der Waals surface area (Å²) in [6.45, 7) is 3.24. The molecular weight excluding hydrogens is 200 g/mol. The van der Waals surface area contributed by atoms with Crippen LogP contribution in [0.3, 0.4) is 0 Å². The Kier molecular flexibility index (Phi) is 3.14. The number of hydrogen-bond acceptors (Lipinski definition) is 3. The minimum absolute atomic E-state index is 0.153. The Morgan fingerprint density at radius 1 is 1.47 bits per heavy atom. The van der Waals surface area contributed by atoms with E-state index in [0.717, 1.165) is 0 Å². The van der Waals surface area contributed by atoms with Crippen molar-refractivity contribution in [2.45, 2.75) is 20.3 Å². The van der Waals surface area contributed by atoms with Crippen LogP contribution in [0.2, 0.25) is 0 Å². The quantitative estimate of drug-likeness (QED) is 0.790. The molecule has 0 fully saturated rings. The van der Waals surface area contributed by atoms with E-state index in [1.807, 2.05) is 0 Å². The fourth-order valence-electron chi connectivity index (χ4n) is 1.19. The van der Waals surface area contributed by atoms with Gasteiger partial charge >= 0.3 is 11.9 Å². The summed E-state index contributed by atoms with van der Waals surface area (Å²) in [6.07, 6.45) is 0.203. The highest BCUT2D eigenvalue weighted by molar-refractivity contribution is 5.84. The summed E-state index contributed by atoms with van der Waals surface area (Å²) in [5.74, 6) is -2.39. The molecule has 5 heteroatoms. The summed E-state index contributed by atoms with van der Waals surface area (Å²) in [4.78, 5) is 21.2. The van der Waals surface area contributed by atoms with Crippen molar-refractivity contribution in [2.75, 3.05) is 0 Å². The fraction of sp³-hybridized carbons (Fsp3) is 0.400. The third-order valence-electron chi connectivity index (χ3n) is 2.14. The van der Waals surface area contributed by atoms with Gasteiger partial charge in [-0.15, -0.1) is 0 Å². The van der Waals surface area contributed by atoms with Crippen LogP contribution in [0.25, 0.3) is 0 Å². The van der Waals surface area contributed by atoms with Gasteiger partial charge in [0, 0.05) is 6.42 Å². The van der Waals surface area contributed by atoms with Crippen LogP contribution in [0.1, 0.15) is 28.8 Å². The van der Waals surface area contributed by atoms with E-state index in [1.165, 1.54) is 6.07 Å². The lowest BCUT2D eigenvalue weighted by Gasteiger charge is -2.03. The van der Waals surface area contributed by atoms with Crippen LogP contribution < -0.4 is 0 Å². The molecule has 0 aromatic carbocycles. The largest absolute Gasteiger partial charge is 0.481 e. The highest BCUT2D eigenvalue weighted by atomic mass is 16.4. The number of aromatic carboxylic acids is 1. The van der Waals surface area contributed by atoms with Gasteiger partial charge in [-0.25, -0.2) is 4.79 Å². The van der Waals surface area contributed by atoms with Crippen molar-refractivity contribution >= 4 is 11.9 Å². The number of aliphatic carboxylic acids is 1. The minimum Gasteiger partial charge on any atom is -0.481 e. The monoisotopic (exact) mass is 212 g/mol. The summed E-state index contributed by atoms with van der Waals surface area (Å²) < 4.78 is 5.03. The molecular formula is C10H12O5. The molecule has 0 bridgehead atoms. The molecule has 0 radical (unpaired) electrons. The van der Waals surface area contributed by atoms with Crippen LogP contribution >= 0.6 is 0 Å². The number of rotatable bonds is 4. The van der Waals surface area contributed by atoms with Gasteiger partial charge in [0.25, 0.3) is 0 Å². The topological polar surface area (TPSA) is 87.7 Å². The lowest BCUT2D eigenvalue weighted by molar-refractivity contribution is -0.141. The Balaban J connectivity index is 2.86. The van der Waals surface area contributed by atoms with Gasteiger partial charge in [0.1, 0.15) is 5.76 Å². The first kappa shape index (κ1) is 11.3. The highest BCUT2D eigenvalue weighted by Gasteiger charge is 2.18. The van der Waals surface area contributed by atoms with Crippen molar-refractivity contribution in [1.82, 2.24) is 0 Å². The number of furan rings is 1. The Hall–Kier alpha value is -1.78. The molecule has 1 aromatic heterocycles. The second-order valence-electron chi connectivity index (χ2n) is 3.47. The highest BCUT2D eigenvalue weighted by Crippen LogP contribution is 2.18. The normalized spacial score (nSPS) is 12.4. The van der Waals surface area contributed by atoms with Crippen molar-refractivity contribution < 1.29 is 24.2 Å². The molecule has 1 heterocycles. The second-order valence-corrected chi connectivity index (χ2v) is 3.47. The molecule has 0 saturated heterocycles. The average Bonchev–Trinajstić information content (AvgIpc) is 2.47. The standard InChI is InChI=1S/C10H12O5/c1-5-3-8(10(13)14)15-7(5)4-6(2)9(11)12/h3,6H,4H2,1-2H3,(H,11,12)(H,13,14). The van der Waals surface area contributed by atoms with E-state index in [9.17, 15) is 9.59 Å². The van der Waals surface area contributed by atoms with Crippen molar-refractivity contribution in [1.29, 1.82) is 0 Å². The van der Waals surface area contributed by atoms with Crippen LogP contribution in [0.4, 0.5) is 0 Å². The summed E-state index contributed by atoms with van der Waals surface area (Å²) in [5.41, 5.74) is 0.667. The average molecular weight is 212 g/mol. The van der Waals surface area contributed by atoms with E-state index in [1.54, 1.807) is 13.8 Å².